The topological polar surface area (TPSA) is 80.1 Å². The average Bonchev–Trinajstić information content (AvgIpc) is 3.11. The number of hydrogen-bond donors (Lipinski definition) is 2. The van der Waals surface area contributed by atoms with Gasteiger partial charge in [-0.2, -0.15) is 13.2 Å². The molecule has 0 aliphatic rings. The Kier molecular flexibility index (Phi) is 5.66. The summed E-state index contributed by atoms with van der Waals surface area (Å²) in [6, 6.07) is 3.56. The van der Waals surface area contributed by atoms with Crippen LogP contribution < -0.4 is 10.6 Å². The third-order valence-corrected chi connectivity index (χ3v) is 4.23. The minimum atomic E-state index is -4.41. The molecule has 120 valence electrons. The number of rotatable bonds is 7. The van der Waals surface area contributed by atoms with E-state index in [1.807, 2.05) is 0 Å². The monoisotopic (exact) mass is 352 g/mol. The Bertz CT molecular complexity index is 601. The van der Waals surface area contributed by atoms with Gasteiger partial charge in [0.25, 0.3) is 0 Å². The number of anilines is 1. The summed E-state index contributed by atoms with van der Waals surface area (Å²) in [4.78, 5) is 11.2. The number of hydrogen-bond acceptors (Lipinski definition) is 7. The van der Waals surface area contributed by atoms with Gasteiger partial charge in [-0.3, -0.25) is 4.79 Å². The number of halogens is 3. The van der Waals surface area contributed by atoms with Crippen LogP contribution in [0.4, 0.5) is 18.3 Å². The van der Waals surface area contributed by atoms with E-state index < -0.39 is 18.6 Å². The van der Waals surface area contributed by atoms with Crippen LogP contribution in [0.2, 0.25) is 0 Å². The maximum absolute atomic E-state index is 11.9. The number of amides is 1. The molecule has 0 aliphatic heterocycles. The molecule has 0 saturated carbocycles. The highest BCUT2D eigenvalue weighted by Gasteiger charge is 2.27. The molecular weight excluding hydrogens is 341 g/mol. The standard InChI is InChI=1S/C11H11F3N4O2S2/c12-11(13,14)6-16-8(19)5-21-10-18-17-9(22-10)15-4-7-2-1-3-20-7/h1-3H,4-6H2,(H,15,17)(H,16,19). The number of alkyl halides is 3. The van der Waals surface area contributed by atoms with Gasteiger partial charge >= 0.3 is 6.18 Å². The molecule has 0 spiro atoms. The summed E-state index contributed by atoms with van der Waals surface area (Å²) in [5.74, 6) is -0.123. The number of furan rings is 1. The molecule has 0 bridgehead atoms. The third-order valence-electron chi connectivity index (χ3n) is 2.21. The minimum Gasteiger partial charge on any atom is -0.467 e. The van der Waals surface area contributed by atoms with E-state index in [0.29, 0.717) is 16.0 Å². The van der Waals surface area contributed by atoms with Crippen LogP contribution in [0.3, 0.4) is 0 Å². The summed E-state index contributed by atoms with van der Waals surface area (Å²) >= 11 is 2.23. The molecule has 11 heteroatoms. The Balaban J connectivity index is 1.71. The summed E-state index contributed by atoms with van der Waals surface area (Å²) in [6.45, 7) is -0.892. The summed E-state index contributed by atoms with van der Waals surface area (Å²) in [6.07, 6.45) is -2.86. The van der Waals surface area contributed by atoms with Gasteiger partial charge in [0.1, 0.15) is 12.3 Å². The number of carbonyl (C=O) groups is 1. The normalized spacial score (nSPS) is 11.4. The van der Waals surface area contributed by atoms with Crippen LogP contribution in [0, 0.1) is 0 Å². The van der Waals surface area contributed by atoms with Crippen molar-refractivity contribution in [3.05, 3.63) is 24.2 Å². The highest BCUT2D eigenvalue weighted by atomic mass is 32.2. The molecule has 0 radical (unpaired) electrons. The average molecular weight is 352 g/mol. The lowest BCUT2D eigenvalue weighted by molar-refractivity contribution is -0.136. The van der Waals surface area contributed by atoms with Crippen LogP contribution in [0.15, 0.2) is 27.2 Å². The van der Waals surface area contributed by atoms with Gasteiger partial charge in [-0.15, -0.1) is 10.2 Å². The quantitative estimate of drug-likeness (QED) is 0.746. The predicted octanol–water partition coefficient (Wildman–Crippen LogP) is 2.51. The molecule has 0 aromatic carbocycles. The summed E-state index contributed by atoms with van der Waals surface area (Å²) in [5, 5.41) is 13.0. The first-order chi connectivity index (χ1) is 10.4. The van der Waals surface area contributed by atoms with Crippen molar-refractivity contribution < 1.29 is 22.4 Å². The Labute approximate surface area is 131 Å². The molecular formula is C11H11F3N4O2S2. The second-order valence-electron chi connectivity index (χ2n) is 3.99. The van der Waals surface area contributed by atoms with Gasteiger partial charge in [0.15, 0.2) is 4.34 Å². The van der Waals surface area contributed by atoms with Gasteiger partial charge in [0, 0.05) is 0 Å². The van der Waals surface area contributed by atoms with E-state index in [4.69, 9.17) is 4.42 Å². The zero-order valence-corrected chi connectivity index (χ0v) is 12.6. The molecule has 2 N–H and O–H groups in total. The Morgan fingerprint density at radius 1 is 1.41 bits per heavy atom. The van der Waals surface area contributed by atoms with E-state index in [1.165, 1.54) is 11.3 Å². The van der Waals surface area contributed by atoms with E-state index in [0.717, 1.165) is 17.5 Å². The van der Waals surface area contributed by atoms with Crippen LogP contribution in [-0.2, 0) is 11.3 Å². The third kappa shape index (κ3) is 5.93. The van der Waals surface area contributed by atoms with E-state index in [9.17, 15) is 18.0 Å². The van der Waals surface area contributed by atoms with Crippen LogP contribution in [-0.4, -0.2) is 34.6 Å². The molecule has 2 aromatic rings. The van der Waals surface area contributed by atoms with E-state index >= 15 is 0 Å². The summed E-state index contributed by atoms with van der Waals surface area (Å²) in [5.41, 5.74) is 0. The zero-order chi connectivity index (χ0) is 16.0. The fraction of sp³-hybridized carbons (Fsp3) is 0.364. The van der Waals surface area contributed by atoms with Crippen molar-refractivity contribution >= 4 is 34.1 Å². The van der Waals surface area contributed by atoms with E-state index in [1.54, 1.807) is 23.7 Å². The fourth-order valence-corrected chi connectivity index (χ4v) is 2.87. The molecule has 22 heavy (non-hydrogen) atoms. The van der Waals surface area contributed by atoms with Gasteiger partial charge in [-0.25, -0.2) is 0 Å². The second kappa shape index (κ2) is 7.49. The number of thioether (sulfide) groups is 1. The van der Waals surface area contributed by atoms with Gasteiger partial charge < -0.3 is 15.1 Å². The van der Waals surface area contributed by atoms with E-state index in [2.05, 4.69) is 15.5 Å². The first-order valence-corrected chi connectivity index (χ1v) is 7.78. The second-order valence-corrected chi connectivity index (χ2v) is 6.19. The van der Waals surface area contributed by atoms with Crippen LogP contribution in [0.5, 0.6) is 0 Å². The van der Waals surface area contributed by atoms with Crippen LogP contribution >= 0.6 is 23.1 Å². The first-order valence-electron chi connectivity index (χ1n) is 5.98. The molecule has 0 unspecified atom stereocenters. The number of aromatic nitrogens is 2. The highest BCUT2D eigenvalue weighted by Crippen LogP contribution is 2.25. The van der Waals surface area contributed by atoms with Gasteiger partial charge in [-0.1, -0.05) is 23.1 Å². The fourth-order valence-electron chi connectivity index (χ4n) is 1.29. The maximum atomic E-state index is 11.9. The Hall–Kier alpha value is -1.75. The molecule has 0 aliphatic carbocycles. The number of carbonyl (C=O) groups excluding carboxylic acids is 1. The van der Waals surface area contributed by atoms with Crippen LogP contribution in [0.25, 0.3) is 0 Å². The molecule has 1 amide bonds. The van der Waals surface area contributed by atoms with Crippen molar-refractivity contribution in [2.24, 2.45) is 0 Å². The summed E-state index contributed by atoms with van der Waals surface area (Å²) < 4.78 is 41.4. The van der Waals surface area contributed by atoms with Crippen molar-refractivity contribution in [1.29, 1.82) is 0 Å². The van der Waals surface area contributed by atoms with Crippen molar-refractivity contribution in [3.8, 4) is 0 Å². The van der Waals surface area contributed by atoms with Gasteiger partial charge in [0.05, 0.1) is 18.6 Å². The molecule has 2 heterocycles. The van der Waals surface area contributed by atoms with Crippen molar-refractivity contribution in [1.82, 2.24) is 15.5 Å². The SMILES string of the molecule is O=C(CSc1nnc(NCc2ccco2)s1)NCC(F)(F)F. The molecule has 0 fully saturated rings. The Morgan fingerprint density at radius 3 is 2.91 bits per heavy atom. The van der Waals surface area contributed by atoms with Crippen LogP contribution in [0.1, 0.15) is 5.76 Å². The minimum absolute atomic E-state index is 0.150. The maximum Gasteiger partial charge on any atom is 0.405 e. The first kappa shape index (κ1) is 16.6. The molecule has 2 aromatic heterocycles. The lowest BCUT2D eigenvalue weighted by Crippen LogP contribution is -2.34. The van der Waals surface area contributed by atoms with Crippen molar-refractivity contribution in [3.63, 3.8) is 0 Å². The molecule has 0 atom stereocenters. The smallest absolute Gasteiger partial charge is 0.405 e. The number of nitrogens with zero attached hydrogens (tertiary/aromatic N) is 2. The lowest BCUT2D eigenvalue weighted by Gasteiger charge is -2.07. The summed E-state index contributed by atoms with van der Waals surface area (Å²) in [7, 11) is 0. The van der Waals surface area contributed by atoms with E-state index in [-0.39, 0.29) is 5.75 Å². The van der Waals surface area contributed by atoms with Crippen molar-refractivity contribution in [2.75, 3.05) is 17.6 Å². The predicted molar refractivity (Wildman–Crippen MR) is 75.7 cm³/mol. The lowest BCUT2D eigenvalue weighted by atomic mass is 10.4. The molecule has 6 nitrogen and oxygen atoms in total. The van der Waals surface area contributed by atoms with Gasteiger partial charge in [0.2, 0.25) is 11.0 Å². The number of nitrogens with one attached hydrogen (secondary N) is 2. The molecule has 2 rings (SSSR count). The zero-order valence-electron chi connectivity index (χ0n) is 11.0. The van der Waals surface area contributed by atoms with Crippen molar-refractivity contribution in [2.45, 2.75) is 17.1 Å². The van der Waals surface area contributed by atoms with Gasteiger partial charge in [-0.05, 0) is 12.1 Å². The Morgan fingerprint density at radius 2 is 2.23 bits per heavy atom. The highest BCUT2D eigenvalue weighted by molar-refractivity contribution is 8.01. The largest absolute Gasteiger partial charge is 0.467 e. The molecule has 0 saturated heterocycles.